The number of carbonyl (C=O) groups excluding carboxylic acids is 4. The maximum Gasteiger partial charge on any atom is 0.410 e. The smallest absolute Gasteiger partial charge is 0.410 e. The van der Waals surface area contributed by atoms with E-state index < -0.39 is 29.7 Å². The van der Waals surface area contributed by atoms with E-state index >= 15 is 0 Å². The lowest BCUT2D eigenvalue weighted by atomic mass is 10.1. The number of fused-ring (bicyclic) bond motifs is 1. The second-order valence-corrected chi connectivity index (χ2v) is 9.34. The highest BCUT2D eigenvalue weighted by Crippen LogP contribution is 2.32. The van der Waals surface area contributed by atoms with Crippen LogP contribution in [-0.4, -0.2) is 53.4 Å². The Hall–Kier alpha value is -5.26. The van der Waals surface area contributed by atoms with E-state index in [1.165, 1.54) is 21.9 Å². The number of furan rings is 1. The van der Waals surface area contributed by atoms with E-state index in [0.717, 1.165) is 17.9 Å². The summed E-state index contributed by atoms with van der Waals surface area (Å²) in [5, 5.41) is -0.142. The van der Waals surface area contributed by atoms with Gasteiger partial charge in [-0.25, -0.2) is 23.3 Å². The van der Waals surface area contributed by atoms with Crippen LogP contribution in [0.3, 0.4) is 0 Å². The molecule has 10 nitrogen and oxygen atoms in total. The summed E-state index contributed by atoms with van der Waals surface area (Å²) in [7, 11) is 0. The van der Waals surface area contributed by atoms with Gasteiger partial charge in [0.1, 0.15) is 30.9 Å². The summed E-state index contributed by atoms with van der Waals surface area (Å²) >= 11 is 0. The number of hydrogen-bond acceptors (Lipinski definition) is 6. The number of carbonyl (C=O) groups is 4. The Labute approximate surface area is 232 Å². The van der Waals surface area contributed by atoms with E-state index in [-0.39, 0.29) is 60.9 Å². The Kier molecular flexibility index (Phi) is 7.64. The van der Waals surface area contributed by atoms with Crippen molar-refractivity contribution in [1.82, 2.24) is 9.80 Å². The summed E-state index contributed by atoms with van der Waals surface area (Å²) in [5.74, 6) is -3.09. The van der Waals surface area contributed by atoms with Gasteiger partial charge in [-0.15, -0.1) is 0 Å². The van der Waals surface area contributed by atoms with Crippen LogP contribution in [0.15, 0.2) is 77.4 Å². The Balaban J connectivity index is 1.26. The van der Waals surface area contributed by atoms with Crippen LogP contribution in [0.5, 0.6) is 0 Å². The first kappa shape index (κ1) is 27.3. The Morgan fingerprint density at radius 1 is 0.976 bits per heavy atom. The summed E-state index contributed by atoms with van der Waals surface area (Å²) in [6.45, 7) is 0.559. The van der Waals surface area contributed by atoms with Crippen molar-refractivity contribution >= 4 is 40.6 Å². The number of ether oxygens (including phenoxy) is 1. The molecule has 1 aliphatic rings. The van der Waals surface area contributed by atoms with Gasteiger partial charge in [0.25, 0.3) is 5.91 Å². The predicted octanol–water partition coefficient (Wildman–Crippen LogP) is 4.42. The highest BCUT2D eigenvalue weighted by Gasteiger charge is 2.30. The van der Waals surface area contributed by atoms with Gasteiger partial charge in [-0.3, -0.25) is 14.5 Å². The van der Waals surface area contributed by atoms with E-state index in [2.05, 4.69) is 0 Å². The molecular formula is C29H24F2N4O6. The third kappa shape index (κ3) is 5.86. The third-order valence-corrected chi connectivity index (χ3v) is 6.57. The maximum absolute atomic E-state index is 14.1. The summed E-state index contributed by atoms with van der Waals surface area (Å²) < 4.78 is 38.4. The number of amides is 5. The number of urea groups is 1. The molecule has 1 fully saturated rings. The highest BCUT2D eigenvalue weighted by molar-refractivity contribution is 6.23. The van der Waals surface area contributed by atoms with Crippen LogP contribution in [0, 0.1) is 11.6 Å². The van der Waals surface area contributed by atoms with Gasteiger partial charge < -0.3 is 19.8 Å². The number of piperazine rings is 1. The fourth-order valence-corrected chi connectivity index (χ4v) is 4.54. The minimum absolute atomic E-state index is 0.0445. The quantitative estimate of drug-likeness (QED) is 0.371. The van der Waals surface area contributed by atoms with Gasteiger partial charge in [0.2, 0.25) is 5.91 Å². The molecule has 1 saturated heterocycles. The van der Waals surface area contributed by atoms with Crippen LogP contribution in [-0.2, 0) is 22.7 Å². The molecule has 0 aliphatic carbocycles. The van der Waals surface area contributed by atoms with Crippen LogP contribution >= 0.6 is 0 Å². The molecule has 2 heterocycles. The molecule has 3 aromatic carbocycles. The molecule has 41 heavy (non-hydrogen) atoms. The molecule has 210 valence electrons. The predicted molar refractivity (Wildman–Crippen MR) is 143 cm³/mol. The van der Waals surface area contributed by atoms with Gasteiger partial charge >= 0.3 is 12.1 Å². The monoisotopic (exact) mass is 562 g/mol. The summed E-state index contributed by atoms with van der Waals surface area (Å²) in [5.41, 5.74) is 6.37. The second-order valence-electron chi connectivity index (χ2n) is 9.34. The number of primary amides is 1. The average Bonchev–Trinajstić information content (AvgIpc) is 3.37. The SMILES string of the molecule is NC(=O)N(C(=O)c1cccc(CN2CCN(C(=O)OCc3ccccc3)CC2=O)c1)c1coc2c(F)cc(F)cc12. The van der Waals surface area contributed by atoms with Gasteiger partial charge in [0.15, 0.2) is 11.4 Å². The fraction of sp³-hybridized carbons (Fsp3) is 0.172. The van der Waals surface area contributed by atoms with Crippen molar-refractivity contribution in [1.29, 1.82) is 0 Å². The van der Waals surface area contributed by atoms with Crippen LogP contribution in [0.1, 0.15) is 21.5 Å². The largest absolute Gasteiger partial charge is 0.459 e. The molecule has 0 spiro atoms. The average molecular weight is 563 g/mol. The van der Waals surface area contributed by atoms with E-state index in [1.54, 1.807) is 12.1 Å². The van der Waals surface area contributed by atoms with E-state index in [0.29, 0.717) is 16.5 Å². The van der Waals surface area contributed by atoms with Gasteiger partial charge in [-0.05, 0) is 29.3 Å². The number of rotatable bonds is 6. The molecule has 0 unspecified atom stereocenters. The lowest BCUT2D eigenvalue weighted by Crippen LogP contribution is -2.51. The number of imide groups is 1. The number of hydrogen-bond donors (Lipinski definition) is 1. The maximum atomic E-state index is 14.1. The molecule has 4 aromatic rings. The number of halogens is 2. The first-order valence-electron chi connectivity index (χ1n) is 12.5. The third-order valence-electron chi connectivity index (χ3n) is 6.57. The van der Waals surface area contributed by atoms with Crippen molar-refractivity contribution in [2.75, 3.05) is 24.5 Å². The zero-order valence-electron chi connectivity index (χ0n) is 21.6. The molecule has 1 aromatic heterocycles. The van der Waals surface area contributed by atoms with E-state index in [1.807, 2.05) is 30.3 Å². The van der Waals surface area contributed by atoms with Crippen LogP contribution in [0.4, 0.5) is 24.1 Å². The summed E-state index contributed by atoms with van der Waals surface area (Å²) in [6, 6.07) is 15.7. The lowest BCUT2D eigenvalue weighted by Gasteiger charge is -2.33. The van der Waals surface area contributed by atoms with Gasteiger partial charge in [0.05, 0.1) is 5.39 Å². The fourth-order valence-electron chi connectivity index (χ4n) is 4.54. The van der Waals surface area contributed by atoms with Crippen LogP contribution < -0.4 is 10.6 Å². The highest BCUT2D eigenvalue weighted by atomic mass is 19.1. The molecule has 0 saturated carbocycles. The molecule has 0 bridgehead atoms. The zero-order chi connectivity index (χ0) is 29.1. The Bertz CT molecular complexity index is 1640. The van der Waals surface area contributed by atoms with Gasteiger partial charge in [-0.2, -0.15) is 0 Å². The summed E-state index contributed by atoms with van der Waals surface area (Å²) in [6.07, 6.45) is 0.357. The second kappa shape index (κ2) is 11.5. The molecular weight excluding hydrogens is 538 g/mol. The first-order chi connectivity index (χ1) is 19.7. The number of anilines is 1. The standard InChI is InChI=1S/C29H24F2N4O6/c30-21-12-22-24(17-40-26(22)23(31)13-21)35(28(32)38)27(37)20-8-4-7-19(11-20)14-33-9-10-34(15-25(33)36)29(39)41-16-18-5-2-1-3-6-18/h1-8,11-13,17H,9-10,14-16H2,(H2,32,38). The van der Waals surface area contributed by atoms with Crippen LogP contribution in [0.25, 0.3) is 11.0 Å². The Morgan fingerprint density at radius 3 is 2.46 bits per heavy atom. The van der Waals surface area contributed by atoms with Crippen molar-refractivity contribution in [3.8, 4) is 0 Å². The minimum atomic E-state index is -1.18. The molecule has 2 N–H and O–H groups in total. The number of nitrogens with zero attached hydrogens (tertiary/aromatic N) is 3. The number of nitrogens with two attached hydrogens (primary N) is 1. The van der Waals surface area contributed by atoms with Crippen molar-refractivity contribution in [2.24, 2.45) is 5.73 Å². The molecule has 5 rings (SSSR count). The van der Waals surface area contributed by atoms with Crippen LogP contribution in [0.2, 0.25) is 0 Å². The van der Waals surface area contributed by atoms with Gasteiger partial charge in [-0.1, -0.05) is 42.5 Å². The van der Waals surface area contributed by atoms with Gasteiger partial charge in [0, 0.05) is 31.3 Å². The van der Waals surface area contributed by atoms with Crippen molar-refractivity contribution < 1.29 is 37.1 Å². The molecule has 12 heteroatoms. The van der Waals surface area contributed by atoms with E-state index in [4.69, 9.17) is 14.9 Å². The van der Waals surface area contributed by atoms with Crippen molar-refractivity contribution in [3.05, 3.63) is 101 Å². The normalized spacial score (nSPS) is 13.4. The van der Waals surface area contributed by atoms with E-state index in [9.17, 15) is 28.0 Å². The molecule has 0 radical (unpaired) electrons. The first-order valence-corrected chi connectivity index (χ1v) is 12.5. The molecule has 1 aliphatic heterocycles. The molecule has 0 atom stereocenters. The Morgan fingerprint density at radius 2 is 1.73 bits per heavy atom. The number of benzene rings is 3. The topological polar surface area (TPSA) is 126 Å². The minimum Gasteiger partial charge on any atom is -0.459 e. The van der Waals surface area contributed by atoms with Crippen molar-refractivity contribution in [2.45, 2.75) is 13.2 Å². The summed E-state index contributed by atoms with van der Waals surface area (Å²) in [4.78, 5) is 54.3. The lowest BCUT2D eigenvalue weighted by molar-refractivity contribution is -0.136. The zero-order valence-corrected chi connectivity index (χ0v) is 21.6. The van der Waals surface area contributed by atoms with Crippen molar-refractivity contribution in [3.63, 3.8) is 0 Å². The molecule has 5 amide bonds.